The molecular weight excluding hydrogens is 264 g/mol. The van der Waals surface area contributed by atoms with Gasteiger partial charge in [0.05, 0.1) is 5.60 Å². The van der Waals surface area contributed by atoms with E-state index in [1.807, 2.05) is 11.8 Å². The van der Waals surface area contributed by atoms with Crippen LogP contribution in [0.15, 0.2) is 0 Å². The SMILES string of the molecule is CC1CCC(CN)(OC(C)C(=O)N2CCCCCC2)CC1. The highest BCUT2D eigenvalue weighted by Crippen LogP contribution is 2.35. The molecule has 2 aliphatic rings. The topological polar surface area (TPSA) is 55.6 Å². The highest BCUT2D eigenvalue weighted by Gasteiger charge is 2.37. The van der Waals surface area contributed by atoms with Crippen molar-refractivity contribution in [2.24, 2.45) is 11.7 Å². The van der Waals surface area contributed by atoms with Gasteiger partial charge in [-0.15, -0.1) is 0 Å². The molecule has 2 N–H and O–H groups in total. The monoisotopic (exact) mass is 296 g/mol. The molecule has 1 saturated carbocycles. The second kappa shape index (κ2) is 7.59. The molecule has 0 spiro atoms. The van der Waals surface area contributed by atoms with Gasteiger partial charge in [0.1, 0.15) is 6.10 Å². The van der Waals surface area contributed by atoms with E-state index in [4.69, 9.17) is 10.5 Å². The zero-order valence-electron chi connectivity index (χ0n) is 13.8. The molecule has 1 saturated heterocycles. The summed E-state index contributed by atoms with van der Waals surface area (Å²) in [5, 5.41) is 0. The smallest absolute Gasteiger partial charge is 0.251 e. The lowest BCUT2D eigenvalue weighted by Crippen LogP contribution is -2.50. The van der Waals surface area contributed by atoms with Crippen molar-refractivity contribution < 1.29 is 9.53 Å². The summed E-state index contributed by atoms with van der Waals surface area (Å²) in [7, 11) is 0. The highest BCUT2D eigenvalue weighted by molar-refractivity contribution is 5.80. The Labute approximate surface area is 129 Å². The minimum atomic E-state index is -0.361. The lowest BCUT2D eigenvalue weighted by atomic mass is 9.79. The molecule has 1 atom stereocenters. The van der Waals surface area contributed by atoms with E-state index in [2.05, 4.69) is 6.92 Å². The van der Waals surface area contributed by atoms with Crippen molar-refractivity contribution in [1.82, 2.24) is 4.90 Å². The molecule has 4 heteroatoms. The van der Waals surface area contributed by atoms with Gasteiger partial charge in [-0.25, -0.2) is 0 Å². The predicted octanol–water partition coefficient (Wildman–Crippen LogP) is 2.70. The summed E-state index contributed by atoms with van der Waals surface area (Å²) in [6.45, 7) is 6.49. The van der Waals surface area contributed by atoms with Crippen LogP contribution in [0.4, 0.5) is 0 Å². The van der Waals surface area contributed by atoms with E-state index in [9.17, 15) is 4.79 Å². The molecular formula is C17H32N2O2. The third-order valence-corrected chi connectivity index (χ3v) is 5.25. The Morgan fingerprint density at radius 2 is 1.81 bits per heavy atom. The molecule has 0 aromatic heterocycles. The number of nitrogens with zero attached hydrogens (tertiary/aromatic N) is 1. The van der Waals surface area contributed by atoms with E-state index in [0.29, 0.717) is 6.54 Å². The van der Waals surface area contributed by atoms with Crippen LogP contribution in [0.2, 0.25) is 0 Å². The molecule has 0 bridgehead atoms. The fraction of sp³-hybridized carbons (Fsp3) is 0.941. The largest absolute Gasteiger partial charge is 0.361 e. The second-order valence-electron chi connectivity index (χ2n) is 7.07. The standard InChI is InChI=1S/C17H32N2O2/c1-14-7-9-17(13-18,10-8-14)21-15(2)16(20)19-11-5-3-4-6-12-19/h14-15H,3-13,18H2,1-2H3. The Balaban J connectivity index is 1.92. The summed E-state index contributed by atoms with van der Waals surface area (Å²) in [6.07, 6.45) is 8.65. The Hall–Kier alpha value is -0.610. The van der Waals surface area contributed by atoms with Crippen LogP contribution < -0.4 is 5.73 Å². The molecule has 0 radical (unpaired) electrons. The van der Waals surface area contributed by atoms with Crippen LogP contribution in [-0.2, 0) is 9.53 Å². The average Bonchev–Trinajstić information content (AvgIpc) is 2.78. The van der Waals surface area contributed by atoms with Gasteiger partial charge in [0, 0.05) is 19.6 Å². The van der Waals surface area contributed by atoms with Crippen molar-refractivity contribution in [3.05, 3.63) is 0 Å². The predicted molar refractivity (Wildman–Crippen MR) is 85.0 cm³/mol. The maximum Gasteiger partial charge on any atom is 0.251 e. The van der Waals surface area contributed by atoms with Crippen molar-refractivity contribution in [1.29, 1.82) is 0 Å². The molecule has 1 heterocycles. The number of nitrogens with two attached hydrogens (primary N) is 1. The van der Waals surface area contributed by atoms with E-state index >= 15 is 0 Å². The molecule has 0 aromatic carbocycles. The normalized spacial score (nSPS) is 32.5. The van der Waals surface area contributed by atoms with E-state index in [-0.39, 0.29) is 17.6 Å². The minimum Gasteiger partial charge on any atom is -0.361 e. The number of ether oxygens (including phenoxy) is 1. The van der Waals surface area contributed by atoms with Crippen LogP contribution in [0.25, 0.3) is 0 Å². The number of amides is 1. The third kappa shape index (κ3) is 4.43. The van der Waals surface area contributed by atoms with Crippen LogP contribution in [0.5, 0.6) is 0 Å². The third-order valence-electron chi connectivity index (χ3n) is 5.25. The summed E-state index contributed by atoms with van der Waals surface area (Å²) in [5.74, 6) is 0.910. The van der Waals surface area contributed by atoms with E-state index in [0.717, 1.165) is 57.5 Å². The number of hydrogen-bond donors (Lipinski definition) is 1. The Bertz CT molecular complexity index is 330. The molecule has 0 aromatic rings. The molecule has 122 valence electrons. The van der Waals surface area contributed by atoms with Crippen LogP contribution in [-0.4, -0.2) is 42.1 Å². The summed E-state index contributed by atoms with van der Waals surface area (Å²) in [4.78, 5) is 14.6. The maximum atomic E-state index is 12.6. The first-order chi connectivity index (χ1) is 10.1. The first-order valence-corrected chi connectivity index (χ1v) is 8.73. The van der Waals surface area contributed by atoms with Crippen LogP contribution in [0.1, 0.15) is 65.2 Å². The van der Waals surface area contributed by atoms with Gasteiger partial charge in [0.25, 0.3) is 5.91 Å². The molecule has 1 amide bonds. The average molecular weight is 296 g/mol. The fourth-order valence-corrected chi connectivity index (χ4v) is 3.63. The highest BCUT2D eigenvalue weighted by atomic mass is 16.5. The Morgan fingerprint density at radius 3 is 2.33 bits per heavy atom. The molecule has 1 unspecified atom stereocenters. The Kier molecular flexibility index (Phi) is 6.06. The molecule has 1 aliphatic heterocycles. The van der Waals surface area contributed by atoms with Crippen molar-refractivity contribution in [2.45, 2.75) is 76.9 Å². The first kappa shape index (κ1) is 16.8. The lowest BCUT2D eigenvalue weighted by Gasteiger charge is -2.40. The number of hydrogen-bond acceptors (Lipinski definition) is 3. The number of carbonyl (C=O) groups is 1. The molecule has 2 rings (SSSR count). The molecule has 1 aliphatic carbocycles. The molecule has 21 heavy (non-hydrogen) atoms. The van der Waals surface area contributed by atoms with Crippen LogP contribution >= 0.6 is 0 Å². The van der Waals surface area contributed by atoms with Crippen molar-refractivity contribution >= 4 is 5.91 Å². The van der Waals surface area contributed by atoms with E-state index in [1.54, 1.807) is 0 Å². The molecule has 4 nitrogen and oxygen atoms in total. The van der Waals surface area contributed by atoms with Gasteiger partial charge in [0.15, 0.2) is 0 Å². The summed E-state index contributed by atoms with van der Waals surface area (Å²) >= 11 is 0. The first-order valence-electron chi connectivity index (χ1n) is 8.73. The van der Waals surface area contributed by atoms with Gasteiger partial charge in [-0.2, -0.15) is 0 Å². The second-order valence-corrected chi connectivity index (χ2v) is 7.07. The number of rotatable bonds is 4. The Morgan fingerprint density at radius 1 is 1.24 bits per heavy atom. The summed E-state index contributed by atoms with van der Waals surface area (Å²) < 4.78 is 6.22. The summed E-state index contributed by atoms with van der Waals surface area (Å²) in [5.41, 5.74) is 5.72. The van der Waals surface area contributed by atoms with Gasteiger partial charge in [-0.05, 0) is 51.4 Å². The van der Waals surface area contributed by atoms with Gasteiger partial charge < -0.3 is 15.4 Å². The fourth-order valence-electron chi connectivity index (χ4n) is 3.63. The van der Waals surface area contributed by atoms with E-state index < -0.39 is 0 Å². The van der Waals surface area contributed by atoms with Gasteiger partial charge in [-0.3, -0.25) is 4.79 Å². The number of carbonyl (C=O) groups excluding carboxylic acids is 1. The van der Waals surface area contributed by atoms with Gasteiger partial charge >= 0.3 is 0 Å². The number of likely N-dealkylation sites (tertiary alicyclic amines) is 1. The van der Waals surface area contributed by atoms with E-state index in [1.165, 1.54) is 12.8 Å². The lowest BCUT2D eigenvalue weighted by molar-refractivity contribution is -0.160. The van der Waals surface area contributed by atoms with Crippen LogP contribution in [0, 0.1) is 5.92 Å². The maximum absolute atomic E-state index is 12.6. The minimum absolute atomic E-state index is 0.156. The zero-order chi connectivity index (χ0) is 15.3. The van der Waals surface area contributed by atoms with Crippen molar-refractivity contribution in [2.75, 3.05) is 19.6 Å². The van der Waals surface area contributed by atoms with Crippen molar-refractivity contribution in [3.8, 4) is 0 Å². The van der Waals surface area contributed by atoms with Gasteiger partial charge in [0.2, 0.25) is 0 Å². The molecule has 2 fully saturated rings. The van der Waals surface area contributed by atoms with Crippen molar-refractivity contribution in [3.63, 3.8) is 0 Å². The van der Waals surface area contributed by atoms with Crippen LogP contribution in [0.3, 0.4) is 0 Å². The summed E-state index contributed by atoms with van der Waals surface area (Å²) in [6, 6.07) is 0. The quantitative estimate of drug-likeness (QED) is 0.868. The zero-order valence-corrected chi connectivity index (χ0v) is 13.8. The van der Waals surface area contributed by atoms with Gasteiger partial charge in [-0.1, -0.05) is 19.8 Å².